The number of aromatic nitrogens is 1. The smallest absolute Gasteiger partial charge is 0.244 e. The van der Waals surface area contributed by atoms with E-state index >= 15 is 0 Å². The van der Waals surface area contributed by atoms with Crippen molar-refractivity contribution in [3.8, 4) is 0 Å². The van der Waals surface area contributed by atoms with Gasteiger partial charge in [-0.3, -0.25) is 0 Å². The third kappa shape index (κ3) is 4.61. The second kappa shape index (κ2) is 7.81. The van der Waals surface area contributed by atoms with Gasteiger partial charge in [-0.1, -0.05) is 6.42 Å². The highest BCUT2D eigenvalue weighted by Gasteiger charge is 2.17. The van der Waals surface area contributed by atoms with Gasteiger partial charge in [-0.05, 0) is 25.0 Å². The fourth-order valence-electron chi connectivity index (χ4n) is 1.70. The normalized spacial score (nSPS) is 11.8. The number of hydrogen-bond acceptors (Lipinski definition) is 4. The number of hydrogen-bond donors (Lipinski definition) is 0. The van der Waals surface area contributed by atoms with Gasteiger partial charge >= 0.3 is 0 Å². The molecule has 114 valence electrons. The lowest BCUT2D eigenvalue weighted by Crippen LogP contribution is -2.23. The summed E-state index contributed by atoms with van der Waals surface area (Å²) in [5, 5.41) is 0. The maximum Gasteiger partial charge on any atom is 0.244 e. The van der Waals surface area contributed by atoms with Crippen molar-refractivity contribution < 1.29 is 8.42 Å². The molecule has 0 N–H and O–H groups in total. The summed E-state index contributed by atoms with van der Waals surface area (Å²) < 4.78 is 25.0. The zero-order chi connectivity index (χ0) is 15.2. The maximum absolute atomic E-state index is 11.9. The van der Waals surface area contributed by atoms with Crippen molar-refractivity contribution in [1.82, 2.24) is 9.29 Å². The predicted molar refractivity (Wildman–Crippen MR) is 83.0 cm³/mol. The van der Waals surface area contributed by atoms with Crippen LogP contribution in [-0.4, -0.2) is 51.3 Å². The Kier molecular flexibility index (Phi) is 6.71. The van der Waals surface area contributed by atoms with Gasteiger partial charge in [0.25, 0.3) is 0 Å². The van der Waals surface area contributed by atoms with Gasteiger partial charge in [-0.15, -0.1) is 11.6 Å². The van der Waals surface area contributed by atoms with E-state index < -0.39 is 10.0 Å². The molecule has 5 nitrogen and oxygen atoms in total. The van der Waals surface area contributed by atoms with Crippen molar-refractivity contribution in [2.75, 3.05) is 38.5 Å². The van der Waals surface area contributed by atoms with E-state index in [2.05, 4.69) is 4.98 Å². The Labute approximate surface area is 126 Å². The number of nitrogens with zero attached hydrogens (tertiary/aromatic N) is 3. The Hall–Kier alpha value is -0.850. The van der Waals surface area contributed by atoms with Gasteiger partial charge in [0, 0.05) is 39.8 Å². The molecule has 0 aliphatic carbocycles. The Bertz CT molecular complexity index is 503. The fourth-order valence-corrected chi connectivity index (χ4v) is 2.73. The van der Waals surface area contributed by atoms with E-state index in [-0.39, 0.29) is 4.90 Å². The zero-order valence-corrected chi connectivity index (χ0v) is 13.8. The first-order valence-corrected chi connectivity index (χ1v) is 8.52. The standard InChI is InChI=1S/C13H22ClN3O2S/c1-16(2)20(18,19)12-7-8-13(15-11-12)17(3)10-6-4-5-9-14/h7-8,11H,4-6,9-10H2,1-3H3. The van der Waals surface area contributed by atoms with Crippen LogP contribution in [0.3, 0.4) is 0 Å². The average Bonchev–Trinajstić information content (AvgIpc) is 2.43. The zero-order valence-electron chi connectivity index (χ0n) is 12.2. The predicted octanol–water partition coefficient (Wildman–Crippen LogP) is 2.18. The van der Waals surface area contributed by atoms with Crippen LogP contribution in [-0.2, 0) is 10.0 Å². The molecule has 0 radical (unpaired) electrons. The van der Waals surface area contributed by atoms with E-state index in [1.165, 1.54) is 24.6 Å². The topological polar surface area (TPSA) is 53.5 Å². The molecule has 0 aliphatic heterocycles. The van der Waals surface area contributed by atoms with Crippen molar-refractivity contribution in [1.29, 1.82) is 0 Å². The van der Waals surface area contributed by atoms with Crippen LogP contribution in [0, 0.1) is 0 Å². The first-order chi connectivity index (χ1) is 9.39. The second-order valence-electron chi connectivity index (χ2n) is 4.81. The molecule has 1 aromatic heterocycles. The monoisotopic (exact) mass is 319 g/mol. The number of alkyl halides is 1. The molecule has 1 heterocycles. The first-order valence-electron chi connectivity index (χ1n) is 6.55. The van der Waals surface area contributed by atoms with E-state index in [1.54, 1.807) is 12.1 Å². The number of anilines is 1. The molecule has 1 aromatic rings. The van der Waals surface area contributed by atoms with Crippen LogP contribution in [0.25, 0.3) is 0 Å². The number of sulfonamides is 1. The molecule has 0 saturated heterocycles. The lowest BCUT2D eigenvalue weighted by molar-refractivity contribution is 0.520. The van der Waals surface area contributed by atoms with E-state index in [0.717, 1.165) is 31.6 Å². The molecule has 0 aliphatic rings. The van der Waals surface area contributed by atoms with Gasteiger partial charge in [0.2, 0.25) is 10.0 Å². The van der Waals surface area contributed by atoms with Gasteiger partial charge < -0.3 is 4.90 Å². The molecule has 0 atom stereocenters. The summed E-state index contributed by atoms with van der Waals surface area (Å²) >= 11 is 5.63. The molecule has 0 spiro atoms. The number of pyridine rings is 1. The summed E-state index contributed by atoms with van der Waals surface area (Å²) in [6, 6.07) is 3.32. The third-order valence-electron chi connectivity index (χ3n) is 3.02. The maximum atomic E-state index is 11.9. The van der Waals surface area contributed by atoms with Crippen LogP contribution in [0.4, 0.5) is 5.82 Å². The Morgan fingerprint density at radius 2 is 1.85 bits per heavy atom. The van der Waals surface area contributed by atoms with E-state index in [4.69, 9.17) is 11.6 Å². The van der Waals surface area contributed by atoms with Gasteiger partial charge in [-0.2, -0.15) is 0 Å². The summed E-state index contributed by atoms with van der Waals surface area (Å²) in [5.74, 6) is 1.47. The van der Waals surface area contributed by atoms with E-state index in [0.29, 0.717) is 5.88 Å². The summed E-state index contributed by atoms with van der Waals surface area (Å²) in [5.41, 5.74) is 0. The van der Waals surface area contributed by atoms with Crippen molar-refractivity contribution in [2.24, 2.45) is 0 Å². The molecule has 7 heteroatoms. The molecule has 20 heavy (non-hydrogen) atoms. The van der Waals surface area contributed by atoms with Gasteiger partial charge in [0.1, 0.15) is 10.7 Å². The molecular weight excluding hydrogens is 298 g/mol. The Morgan fingerprint density at radius 1 is 1.15 bits per heavy atom. The summed E-state index contributed by atoms with van der Waals surface area (Å²) in [6.07, 6.45) is 4.55. The summed E-state index contributed by atoms with van der Waals surface area (Å²) in [6.45, 7) is 0.879. The minimum absolute atomic E-state index is 0.210. The third-order valence-corrected chi connectivity index (χ3v) is 5.08. The minimum Gasteiger partial charge on any atom is -0.360 e. The lowest BCUT2D eigenvalue weighted by atomic mass is 10.2. The highest BCUT2D eigenvalue weighted by Crippen LogP contribution is 2.16. The fraction of sp³-hybridized carbons (Fsp3) is 0.615. The largest absolute Gasteiger partial charge is 0.360 e. The molecule has 0 saturated carbocycles. The summed E-state index contributed by atoms with van der Waals surface area (Å²) in [7, 11) is 1.55. The van der Waals surface area contributed by atoms with Gasteiger partial charge in [0.15, 0.2) is 0 Å². The Balaban J connectivity index is 2.67. The Morgan fingerprint density at radius 3 is 2.35 bits per heavy atom. The number of unbranched alkanes of at least 4 members (excludes halogenated alkanes) is 2. The van der Waals surface area contributed by atoms with Crippen molar-refractivity contribution in [3.05, 3.63) is 18.3 Å². The van der Waals surface area contributed by atoms with Crippen molar-refractivity contribution in [2.45, 2.75) is 24.2 Å². The highest BCUT2D eigenvalue weighted by molar-refractivity contribution is 7.89. The summed E-state index contributed by atoms with van der Waals surface area (Å²) in [4.78, 5) is 6.44. The molecule has 0 amide bonds. The molecule has 0 bridgehead atoms. The van der Waals surface area contributed by atoms with Crippen molar-refractivity contribution >= 4 is 27.4 Å². The van der Waals surface area contributed by atoms with Gasteiger partial charge in [-0.25, -0.2) is 17.7 Å². The number of halogens is 1. The van der Waals surface area contributed by atoms with Crippen LogP contribution in [0.5, 0.6) is 0 Å². The SMILES string of the molecule is CN(CCCCCCl)c1ccc(S(=O)(=O)N(C)C)cn1. The molecule has 0 fully saturated rings. The van der Waals surface area contributed by atoms with E-state index in [9.17, 15) is 8.42 Å². The molecule has 0 unspecified atom stereocenters. The van der Waals surface area contributed by atoms with E-state index in [1.807, 2.05) is 11.9 Å². The molecule has 1 rings (SSSR count). The number of rotatable bonds is 8. The van der Waals surface area contributed by atoms with Crippen LogP contribution >= 0.6 is 11.6 Å². The lowest BCUT2D eigenvalue weighted by Gasteiger charge is -2.18. The second-order valence-corrected chi connectivity index (χ2v) is 7.34. The van der Waals surface area contributed by atoms with Crippen LogP contribution in [0.15, 0.2) is 23.2 Å². The first kappa shape index (κ1) is 17.2. The molecule has 0 aromatic carbocycles. The van der Waals surface area contributed by atoms with Crippen LogP contribution in [0.2, 0.25) is 0 Å². The van der Waals surface area contributed by atoms with Gasteiger partial charge in [0.05, 0.1) is 0 Å². The molecular formula is C13H22ClN3O2S. The highest BCUT2D eigenvalue weighted by atomic mass is 35.5. The van der Waals surface area contributed by atoms with Crippen LogP contribution < -0.4 is 4.90 Å². The quantitative estimate of drug-likeness (QED) is 0.544. The van der Waals surface area contributed by atoms with Crippen LogP contribution in [0.1, 0.15) is 19.3 Å². The van der Waals surface area contributed by atoms with Crippen molar-refractivity contribution in [3.63, 3.8) is 0 Å². The average molecular weight is 320 g/mol. The minimum atomic E-state index is -3.41.